The molecular weight excluding hydrogens is 302 g/mol. The number of sulfonamides is 1. The second-order valence-electron chi connectivity index (χ2n) is 4.85. The molecule has 0 aliphatic carbocycles. The Morgan fingerprint density at radius 2 is 2.25 bits per heavy atom. The summed E-state index contributed by atoms with van der Waals surface area (Å²) in [7, 11) is -2.07. The van der Waals surface area contributed by atoms with Crippen molar-refractivity contribution in [2.45, 2.75) is 24.3 Å². The van der Waals surface area contributed by atoms with Gasteiger partial charge in [0, 0.05) is 25.6 Å². The lowest BCUT2D eigenvalue weighted by Crippen LogP contribution is -2.46. The number of hydrogen-bond donors (Lipinski definition) is 1. The monoisotopic (exact) mass is 319 g/mol. The van der Waals surface area contributed by atoms with Gasteiger partial charge in [-0.05, 0) is 18.4 Å². The van der Waals surface area contributed by atoms with Gasteiger partial charge in [0.1, 0.15) is 4.88 Å². The Morgan fingerprint density at radius 3 is 2.80 bits per heavy atom. The largest absolute Gasteiger partial charge is 0.477 e. The highest BCUT2D eigenvalue weighted by atomic mass is 32.2. The molecule has 6 nitrogen and oxygen atoms in total. The maximum atomic E-state index is 12.5. The number of carboxylic acid groups (broad SMARTS) is 1. The first-order chi connectivity index (χ1) is 9.36. The fourth-order valence-corrected chi connectivity index (χ4v) is 4.81. The Hall–Kier alpha value is -0.960. The van der Waals surface area contributed by atoms with Crippen molar-refractivity contribution < 1.29 is 23.1 Å². The van der Waals surface area contributed by atoms with Gasteiger partial charge in [-0.1, -0.05) is 6.92 Å². The fourth-order valence-electron chi connectivity index (χ4n) is 2.25. The zero-order valence-electron chi connectivity index (χ0n) is 11.3. The molecule has 0 amide bonds. The number of rotatable bonds is 4. The fraction of sp³-hybridized carbons (Fsp3) is 0.583. The second kappa shape index (κ2) is 5.80. The quantitative estimate of drug-likeness (QED) is 0.909. The van der Waals surface area contributed by atoms with E-state index in [9.17, 15) is 13.2 Å². The first-order valence-corrected chi connectivity index (χ1v) is 8.53. The highest BCUT2D eigenvalue weighted by Crippen LogP contribution is 2.27. The minimum absolute atomic E-state index is 0.0252. The van der Waals surface area contributed by atoms with Gasteiger partial charge in [0.05, 0.1) is 11.0 Å². The summed E-state index contributed by atoms with van der Waals surface area (Å²) >= 11 is 0.919. The number of ether oxygens (including phenoxy) is 1. The normalized spacial score (nSPS) is 24.7. The van der Waals surface area contributed by atoms with Gasteiger partial charge in [0.15, 0.2) is 0 Å². The van der Waals surface area contributed by atoms with E-state index in [4.69, 9.17) is 9.84 Å². The van der Waals surface area contributed by atoms with E-state index in [1.807, 2.05) is 6.92 Å². The molecule has 2 heterocycles. The van der Waals surface area contributed by atoms with Crippen LogP contribution in [0, 0.1) is 5.92 Å². The van der Waals surface area contributed by atoms with Crippen LogP contribution in [-0.2, 0) is 14.8 Å². The molecule has 1 aromatic rings. The summed E-state index contributed by atoms with van der Waals surface area (Å²) in [5.74, 6) is -0.804. The molecular formula is C12H17NO5S2. The van der Waals surface area contributed by atoms with Crippen LogP contribution >= 0.6 is 11.3 Å². The molecule has 1 saturated heterocycles. The van der Waals surface area contributed by atoms with Crippen LogP contribution in [-0.4, -0.2) is 50.1 Å². The molecule has 0 bridgehead atoms. The van der Waals surface area contributed by atoms with E-state index in [1.54, 1.807) is 7.11 Å². The molecule has 0 radical (unpaired) electrons. The van der Waals surface area contributed by atoms with E-state index in [0.717, 1.165) is 17.8 Å². The second-order valence-corrected chi connectivity index (χ2v) is 7.70. The predicted octanol–water partition coefficient (Wildman–Crippen LogP) is 1.49. The summed E-state index contributed by atoms with van der Waals surface area (Å²) in [6.07, 6.45) is 0.601. The lowest BCUT2D eigenvalue weighted by atomic mass is 9.97. The summed E-state index contributed by atoms with van der Waals surface area (Å²) in [6, 6.07) is 1.21. The van der Waals surface area contributed by atoms with E-state index in [-0.39, 0.29) is 15.9 Å². The Morgan fingerprint density at radius 1 is 1.55 bits per heavy atom. The summed E-state index contributed by atoms with van der Waals surface area (Å²) in [5, 5.41) is 10.2. The molecule has 1 fully saturated rings. The van der Waals surface area contributed by atoms with Gasteiger partial charge in [-0.25, -0.2) is 13.2 Å². The van der Waals surface area contributed by atoms with E-state index in [1.165, 1.54) is 15.8 Å². The van der Waals surface area contributed by atoms with Crippen LogP contribution in [0.15, 0.2) is 16.3 Å². The molecule has 0 saturated carbocycles. The third-order valence-corrected chi connectivity index (χ3v) is 6.49. The maximum absolute atomic E-state index is 12.5. The lowest BCUT2D eigenvalue weighted by Gasteiger charge is -2.35. The first kappa shape index (κ1) is 15.4. The third kappa shape index (κ3) is 2.88. The minimum Gasteiger partial charge on any atom is -0.477 e. The number of piperidine rings is 1. The Balaban J connectivity index is 2.23. The molecule has 1 N–H and O–H groups in total. The van der Waals surface area contributed by atoms with Crippen molar-refractivity contribution in [3.05, 3.63) is 16.3 Å². The minimum atomic E-state index is -3.64. The third-order valence-electron chi connectivity index (χ3n) is 3.58. The number of methoxy groups -OCH3 is 1. The predicted molar refractivity (Wildman–Crippen MR) is 74.6 cm³/mol. The van der Waals surface area contributed by atoms with E-state index >= 15 is 0 Å². The van der Waals surface area contributed by atoms with Crippen molar-refractivity contribution in [2.75, 3.05) is 20.2 Å². The number of aromatic carboxylic acids is 1. The average molecular weight is 319 g/mol. The number of carboxylic acids is 1. The van der Waals surface area contributed by atoms with Crippen LogP contribution < -0.4 is 0 Å². The molecule has 112 valence electrons. The van der Waals surface area contributed by atoms with Crippen LogP contribution in [0.4, 0.5) is 0 Å². The van der Waals surface area contributed by atoms with Gasteiger partial charge < -0.3 is 9.84 Å². The topological polar surface area (TPSA) is 83.9 Å². The van der Waals surface area contributed by atoms with Crippen molar-refractivity contribution in [2.24, 2.45) is 5.92 Å². The van der Waals surface area contributed by atoms with Gasteiger partial charge in [-0.3, -0.25) is 0 Å². The molecule has 1 aromatic heterocycles. The lowest BCUT2D eigenvalue weighted by molar-refractivity contribution is 0.0184. The number of carbonyl (C=O) groups is 1. The van der Waals surface area contributed by atoms with Crippen molar-refractivity contribution in [1.29, 1.82) is 0 Å². The van der Waals surface area contributed by atoms with Crippen molar-refractivity contribution >= 4 is 27.3 Å². The Labute approximate surface area is 122 Å². The standard InChI is InChI=1S/C12H17NO5S2/c1-8-3-4-13(6-10(8)18-2)20(16,17)9-5-11(12(14)15)19-7-9/h5,7-8,10H,3-4,6H2,1-2H3,(H,14,15). The van der Waals surface area contributed by atoms with Gasteiger partial charge >= 0.3 is 5.97 Å². The summed E-state index contributed by atoms with van der Waals surface area (Å²) < 4.78 is 31.6. The van der Waals surface area contributed by atoms with Crippen molar-refractivity contribution in [3.63, 3.8) is 0 Å². The summed E-state index contributed by atoms with van der Waals surface area (Å²) in [6.45, 7) is 2.77. The SMILES string of the molecule is COC1CN(S(=O)(=O)c2csc(C(=O)O)c2)CCC1C. The van der Waals surface area contributed by atoms with Crippen molar-refractivity contribution in [3.8, 4) is 0 Å². The Bertz CT molecular complexity index is 595. The van der Waals surface area contributed by atoms with E-state index < -0.39 is 16.0 Å². The van der Waals surface area contributed by atoms with E-state index in [2.05, 4.69) is 0 Å². The molecule has 0 spiro atoms. The molecule has 2 atom stereocenters. The molecule has 8 heteroatoms. The highest BCUT2D eigenvalue weighted by molar-refractivity contribution is 7.89. The van der Waals surface area contributed by atoms with Gasteiger partial charge in [0.2, 0.25) is 10.0 Å². The average Bonchev–Trinajstić information content (AvgIpc) is 2.89. The first-order valence-electron chi connectivity index (χ1n) is 6.21. The molecule has 2 rings (SSSR count). The van der Waals surface area contributed by atoms with Gasteiger partial charge in [-0.15, -0.1) is 11.3 Å². The maximum Gasteiger partial charge on any atom is 0.345 e. The molecule has 1 aliphatic rings. The van der Waals surface area contributed by atoms with Crippen LogP contribution in [0.25, 0.3) is 0 Å². The molecule has 1 aliphatic heterocycles. The number of thiophene rings is 1. The molecule has 2 unspecified atom stereocenters. The van der Waals surface area contributed by atoms with Gasteiger partial charge in [0.25, 0.3) is 0 Å². The van der Waals surface area contributed by atoms with Crippen molar-refractivity contribution in [1.82, 2.24) is 4.31 Å². The smallest absolute Gasteiger partial charge is 0.345 e. The Kier molecular flexibility index (Phi) is 4.48. The molecule has 20 heavy (non-hydrogen) atoms. The van der Waals surface area contributed by atoms with Crippen LogP contribution in [0.1, 0.15) is 23.0 Å². The van der Waals surface area contributed by atoms with Crippen LogP contribution in [0.2, 0.25) is 0 Å². The summed E-state index contributed by atoms with van der Waals surface area (Å²) in [5.41, 5.74) is 0. The number of hydrogen-bond acceptors (Lipinski definition) is 5. The zero-order valence-corrected chi connectivity index (χ0v) is 12.9. The number of nitrogens with zero attached hydrogens (tertiary/aromatic N) is 1. The zero-order chi connectivity index (χ0) is 14.9. The van der Waals surface area contributed by atoms with Gasteiger partial charge in [-0.2, -0.15) is 4.31 Å². The van der Waals surface area contributed by atoms with E-state index in [0.29, 0.717) is 19.0 Å². The molecule has 0 aromatic carbocycles. The van der Waals surface area contributed by atoms with Crippen LogP contribution in [0.5, 0.6) is 0 Å². The van der Waals surface area contributed by atoms with Crippen LogP contribution in [0.3, 0.4) is 0 Å². The highest BCUT2D eigenvalue weighted by Gasteiger charge is 2.34. The summed E-state index contributed by atoms with van der Waals surface area (Å²) in [4.78, 5) is 10.9.